The van der Waals surface area contributed by atoms with Crippen molar-refractivity contribution in [3.05, 3.63) is 51.3 Å². The lowest BCUT2D eigenvalue weighted by Crippen LogP contribution is -2.48. The Bertz CT molecular complexity index is 1160. The number of likely N-dealkylation sites (N-methyl/N-ethyl adjacent to an activating group) is 1. The van der Waals surface area contributed by atoms with Crippen LogP contribution >= 0.6 is 48.8 Å². The quantitative estimate of drug-likeness (QED) is 0.442. The fraction of sp³-hybridized carbons (Fsp3) is 0.481. The summed E-state index contributed by atoms with van der Waals surface area (Å²) in [5.41, 5.74) is 5.53. The van der Waals surface area contributed by atoms with Crippen LogP contribution in [0.4, 0.5) is 5.69 Å². The highest BCUT2D eigenvalue weighted by atomic mass is 35.5. The number of anilines is 1. The van der Waals surface area contributed by atoms with Gasteiger partial charge < -0.3 is 24.6 Å². The first-order valence-corrected chi connectivity index (χ1v) is 12.8. The Balaban J connectivity index is 0.00000241. The number of hydrogen-bond acceptors (Lipinski definition) is 4. The third kappa shape index (κ3) is 7.06. The van der Waals surface area contributed by atoms with Crippen molar-refractivity contribution in [2.45, 2.75) is 27.2 Å². The van der Waals surface area contributed by atoms with Gasteiger partial charge in [0.25, 0.3) is 11.8 Å². The van der Waals surface area contributed by atoms with Crippen molar-refractivity contribution in [3.63, 3.8) is 0 Å². The minimum absolute atomic E-state index is 0. The molecule has 1 fully saturated rings. The number of halogens is 4. The molecule has 0 saturated carbocycles. The van der Waals surface area contributed by atoms with E-state index in [1.54, 1.807) is 0 Å². The van der Waals surface area contributed by atoms with Gasteiger partial charge in [-0.25, -0.2) is 0 Å². The second-order valence-corrected chi connectivity index (χ2v) is 10.2. The summed E-state index contributed by atoms with van der Waals surface area (Å²) in [5, 5.41) is 0.596. The molecule has 7 nitrogen and oxygen atoms in total. The van der Waals surface area contributed by atoms with Crippen LogP contribution in [0, 0.1) is 13.8 Å². The predicted molar refractivity (Wildman–Crippen MR) is 165 cm³/mol. The topological polar surface area (TPSA) is 62.9 Å². The van der Waals surface area contributed by atoms with Crippen LogP contribution in [0.25, 0.3) is 11.6 Å². The maximum absolute atomic E-state index is 13.5. The minimum atomic E-state index is -0.0313. The summed E-state index contributed by atoms with van der Waals surface area (Å²) < 4.78 is 0. The van der Waals surface area contributed by atoms with E-state index in [0.717, 1.165) is 73.9 Å². The number of aromatic nitrogens is 1. The van der Waals surface area contributed by atoms with Gasteiger partial charge in [0.05, 0.1) is 16.8 Å². The molecule has 0 atom stereocenters. The van der Waals surface area contributed by atoms with Crippen LogP contribution in [0.5, 0.6) is 0 Å². The van der Waals surface area contributed by atoms with Crippen LogP contribution in [-0.4, -0.2) is 91.4 Å². The molecule has 38 heavy (non-hydrogen) atoms. The number of aryl methyl sites for hydroxylation is 1. The molecule has 0 radical (unpaired) electrons. The summed E-state index contributed by atoms with van der Waals surface area (Å²) in [6.45, 7) is 11.9. The van der Waals surface area contributed by atoms with Crippen molar-refractivity contribution in [2.75, 3.05) is 64.8 Å². The Morgan fingerprint density at radius 2 is 1.76 bits per heavy atom. The van der Waals surface area contributed by atoms with Crippen molar-refractivity contribution in [2.24, 2.45) is 0 Å². The van der Waals surface area contributed by atoms with Crippen LogP contribution in [0.15, 0.2) is 18.2 Å². The Kier molecular flexibility index (Phi) is 13.2. The number of nitrogens with one attached hydrogen (secondary N) is 1. The molecular weight excluding hydrogens is 568 g/mol. The van der Waals surface area contributed by atoms with Gasteiger partial charge in [-0.15, -0.1) is 37.2 Å². The molecule has 0 unspecified atom stereocenters. The van der Waals surface area contributed by atoms with E-state index in [-0.39, 0.29) is 49.0 Å². The molecular formula is C27H39Cl4N5O2. The largest absolute Gasteiger partial charge is 0.358 e. The van der Waals surface area contributed by atoms with Crippen molar-refractivity contribution < 1.29 is 9.59 Å². The zero-order valence-electron chi connectivity index (χ0n) is 22.7. The molecule has 0 bridgehead atoms. The second-order valence-electron chi connectivity index (χ2n) is 9.72. The van der Waals surface area contributed by atoms with Gasteiger partial charge in [0.2, 0.25) is 0 Å². The Labute approximate surface area is 249 Å². The van der Waals surface area contributed by atoms with Gasteiger partial charge in [0, 0.05) is 54.7 Å². The van der Waals surface area contributed by atoms with E-state index in [1.165, 1.54) is 0 Å². The molecule has 0 spiro atoms. The molecule has 2 aromatic rings. The number of hydrogen-bond donors (Lipinski definition) is 1. The highest BCUT2D eigenvalue weighted by Crippen LogP contribution is 2.40. The maximum Gasteiger partial charge on any atom is 0.259 e. The van der Waals surface area contributed by atoms with Crippen molar-refractivity contribution >= 4 is 78.0 Å². The third-order valence-electron chi connectivity index (χ3n) is 7.09. The van der Waals surface area contributed by atoms with Gasteiger partial charge in [-0.05, 0) is 77.3 Å². The van der Waals surface area contributed by atoms with Gasteiger partial charge in [-0.1, -0.05) is 18.5 Å². The first-order valence-electron chi connectivity index (χ1n) is 12.4. The zero-order chi connectivity index (χ0) is 25.3. The average Bonchev–Trinajstić information content (AvgIpc) is 3.25. The predicted octanol–water partition coefficient (Wildman–Crippen LogP) is 5.17. The van der Waals surface area contributed by atoms with Gasteiger partial charge >= 0.3 is 0 Å². The molecule has 1 aromatic heterocycles. The van der Waals surface area contributed by atoms with E-state index < -0.39 is 0 Å². The normalized spacial score (nSPS) is 16.3. The highest BCUT2D eigenvalue weighted by molar-refractivity contribution is 6.37. The fourth-order valence-corrected chi connectivity index (χ4v) is 5.22. The van der Waals surface area contributed by atoms with Gasteiger partial charge in [-0.3, -0.25) is 9.59 Å². The standard InChI is InChI=1S/C27H36ClN5O2.3ClH/c1-6-31-12-14-32(15-13-31)27(35)25-18(2)23(29-19(25)3)17-22-21-16-20(28)8-9-24(21)33(26(22)34)11-7-10-30(4)5;;;/h8-9,16-17,29H,6-7,10-15H2,1-5H3;3*1H/b22-17-;;;. The number of benzene rings is 1. The van der Waals surface area contributed by atoms with Crippen molar-refractivity contribution in [3.8, 4) is 0 Å². The Hall–Kier alpha value is -1.74. The molecule has 1 saturated heterocycles. The summed E-state index contributed by atoms with van der Waals surface area (Å²) in [4.78, 5) is 38.5. The van der Waals surface area contributed by atoms with Crippen LogP contribution in [-0.2, 0) is 4.79 Å². The molecule has 1 N–H and O–H groups in total. The Morgan fingerprint density at radius 1 is 1.11 bits per heavy atom. The van der Waals surface area contributed by atoms with Crippen molar-refractivity contribution in [1.82, 2.24) is 19.7 Å². The molecule has 1 aromatic carbocycles. The number of fused-ring (bicyclic) bond motifs is 1. The van der Waals surface area contributed by atoms with Gasteiger partial charge in [0.1, 0.15) is 0 Å². The van der Waals surface area contributed by atoms with Gasteiger partial charge in [-0.2, -0.15) is 0 Å². The number of rotatable bonds is 7. The second kappa shape index (κ2) is 14.6. The maximum atomic E-state index is 13.5. The van der Waals surface area contributed by atoms with E-state index in [2.05, 4.69) is 21.7 Å². The number of amides is 2. The molecule has 2 amide bonds. The molecule has 2 aliphatic heterocycles. The summed E-state index contributed by atoms with van der Waals surface area (Å²) >= 11 is 6.32. The lowest BCUT2D eigenvalue weighted by Gasteiger charge is -2.34. The van der Waals surface area contributed by atoms with Crippen LogP contribution in [0.2, 0.25) is 5.02 Å². The first-order chi connectivity index (χ1) is 16.7. The number of H-pyrrole nitrogens is 1. The monoisotopic (exact) mass is 605 g/mol. The Morgan fingerprint density at radius 3 is 2.37 bits per heavy atom. The molecule has 4 rings (SSSR count). The number of carbonyl (C=O) groups excluding carboxylic acids is 2. The lowest BCUT2D eigenvalue weighted by atomic mass is 10.0. The third-order valence-corrected chi connectivity index (χ3v) is 7.32. The lowest BCUT2D eigenvalue weighted by molar-refractivity contribution is -0.113. The summed E-state index contributed by atoms with van der Waals surface area (Å²) in [6.07, 6.45) is 2.76. The summed E-state index contributed by atoms with van der Waals surface area (Å²) in [6, 6.07) is 5.61. The smallest absolute Gasteiger partial charge is 0.259 e. The molecule has 212 valence electrons. The number of aromatic amines is 1. The van der Waals surface area contributed by atoms with Crippen LogP contribution < -0.4 is 4.90 Å². The van der Waals surface area contributed by atoms with E-state index in [4.69, 9.17) is 11.6 Å². The van der Waals surface area contributed by atoms with E-state index in [9.17, 15) is 9.59 Å². The molecule has 3 heterocycles. The van der Waals surface area contributed by atoms with E-state index in [0.29, 0.717) is 22.7 Å². The number of piperazine rings is 1. The molecule has 2 aliphatic rings. The van der Waals surface area contributed by atoms with Gasteiger partial charge in [0.15, 0.2) is 0 Å². The first kappa shape index (κ1) is 34.3. The highest BCUT2D eigenvalue weighted by Gasteiger charge is 2.33. The van der Waals surface area contributed by atoms with Crippen LogP contribution in [0.1, 0.15) is 46.2 Å². The fourth-order valence-electron chi connectivity index (χ4n) is 5.04. The number of nitrogens with zero attached hydrogens (tertiary/aromatic N) is 4. The van der Waals surface area contributed by atoms with E-state index in [1.807, 2.05) is 62.0 Å². The SMILES string of the molecule is CCN1CCN(C(=O)c2c(C)[nH]c(/C=C3\C(=O)N(CCCN(C)C)c4ccc(Cl)cc43)c2C)CC1.Cl.Cl.Cl. The van der Waals surface area contributed by atoms with Crippen LogP contribution in [0.3, 0.4) is 0 Å². The minimum Gasteiger partial charge on any atom is -0.358 e. The number of carbonyl (C=O) groups is 2. The summed E-state index contributed by atoms with van der Waals surface area (Å²) in [5.74, 6) is 0.0272. The van der Waals surface area contributed by atoms with Crippen molar-refractivity contribution in [1.29, 1.82) is 0 Å². The van der Waals surface area contributed by atoms with E-state index >= 15 is 0 Å². The average molecular weight is 607 g/mol. The summed E-state index contributed by atoms with van der Waals surface area (Å²) in [7, 11) is 4.06. The molecule has 11 heteroatoms. The molecule has 0 aliphatic carbocycles. The zero-order valence-corrected chi connectivity index (χ0v) is 25.9.